The van der Waals surface area contributed by atoms with Crippen LogP contribution in [0.2, 0.25) is 0 Å². The summed E-state index contributed by atoms with van der Waals surface area (Å²) in [5.41, 5.74) is 9.34. The molecule has 1 aromatic rings. The summed E-state index contributed by atoms with van der Waals surface area (Å²) in [4.78, 5) is 6.70. The lowest BCUT2D eigenvalue weighted by atomic mass is 9.95. The van der Waals surface area contributed by atoms with E-state index >= 15 is 0 Å². The molecule has 0 amide bonds. The predicted octanol–water partition coefficient (Wildman–Crippen LogP) is 2.48. The van der Waals surface area contributed by atoms with Gasteiger partial charge in [0.1, 0.15) is 0 Å². The molecule has 2 atom stereocenters. The number of hydrogen-bond donors (Lipinski definition) is 1. The van der Waals surface area contributed by atoms with Gasteiger partial charge in [0.05, 0.1) is 11.2 Å². The van der Waals surface area contributed by atoms with Crippen LogP contribution in [0.4, 0.5) is 0 Å². The molecule has 1 heterocycles. The van der Waals surface area contributed by atoms with Crippen molar-refractivity contribution in [1.82, 2.24) is 9.88 Å². The molecule has 0 saturated heterocycles. The van der Waals surface area contributed by atoms with Gasteiger partial charge in [-0.15, -0.1) is 11.3 Å². The van der Waals surface area contributed by atoms with E-state index in [0.717, 1.165) is 13.1 Å². The van der Waals surface area contributed by atoms with Crippen LogP contribution in [0.25, 0.3) is 0 Å². The molecule has 0 aromatic carbocycles. The summed E-state index contributed by atoms with van der Waals surface area (Å²) in [7, 11) is 2.18. The maximum atomic E-state index is 6.26. The molecule has 1 saturated carbocycles. The maximum absolute atomic E-state index is 6.26. The third kappa shape index (κ3) is 4.05. The van der Waals surface area contributed by atoms with Crippen molar-refractivity contribution in [3.63, 3.8) is 0 Å². The Kier molecular flexibility index (Phi) is 4.95. The highest BCUT2D eigenvalue weighted by Gasteiger charge is 2.21. The average Bonchev–Trinajstić information content (AvgIpc) is 2.71. The second-order valence-electron chi connectivity index (χ2n) is 5.24. The van der Waals surface area contributed by atoms with Gasteiger partial charge in [0.2, 0.25) is 0 Å². The molecule has 0 spiro atoms. The second kappa shape index (κ2) is 6.47. The Hall–Kier alpha value is -0.450. The highest BCUT2D eigenvalue weighted by Crippen LogP contribution is 2.23. The molecule has 2 N–H and O–H groups in total. The Balaban J connectivity index is 1.82. The molecule has 0 radical (unpaired) electrons. The third-order valence-electron chi connectivity index (χ3n) is 3.68. The number of rotatable bonds is 4. The van der Waals surface area contributed by atoms with Crippen molar-refractivity contribution >= 4 is 11.3 Å². The van der Waals surface area contributed by atoms with Crippen molar-refractivity contribution in [3.8, 4) is 0 Å². The van der Waals surface area contributed by atoms with E-state index in [1.807, 2.05) is 5.51 Å². The van der Waals surface area contributed by atoms with Crippen LogP contribution in [-0.2, 0) is 6.54 Å². The van der Waals surface area contributed by atoms with E-state index in [0.29, 0.717) is 12.0 Å². The molecule has 2 unspecified atom stereocenters. The Morgan fingerprint density at radius 2 is 2.24 bits per heavy atom. The monoisotopic (exact) mass is 253 g/mol. The van der Waals surface area contributed by atoms with Gasteiger partial charge in [-0.3, -0.25) is 0 Å². The molecule has 1 aliphatic rings. The topological polar surface area (TPSA) is 42.2 Å². The Bertz CT molecular complexity index is 312. The van der Waals surface area contributed by atoms with Crippen LogP contribution in [0.5, 0.6) is 0 Å². The number of aromatic nitrogens is 1. The van der Waals surface area contributed by atoms with E-state index in [2.05, 4.69) is 22.3 Å². The highest BCUT2D eigenvalue weighted by molar-refractivity contribution is 7.07. The number of nitrogens with two attached hydrogens (primary N) is 1. The van der Waals surface area contributed by atoms with Gasteiger partial charge in [-0.25, -0.2) is 4.98 Å². The minimum atomic E-state index is 0.399. The molecular formula is C13H23N3S. The van der Waals surface area contributed by atoms with Crippen molar-refractivity contribution in [3.05, 3.63) is 16.6 Å². The molecule has 1 aliphatic carbocycles. The zero-order chi connectivity index (χ0) is 12.1. The number of nitrogens with zero attached hydrogens (tertiary/aromatic N) is 2. The Labute approximate surface area is 108 Å². The first-order valence-electron chi connectivity index (χ1n) is 6.57. The Morgan fingerprint density at radius 1 is 1.41 bits per heavy atom. The normalized spacial score (nSPS) is 26.1. The van der Waals surface area contributed by atoms with Crippen molar-refractivity contribution < 1.29 is 0 Å². The van der Waals surface area contributed by atoms with Gasteiger partial charge in [-0.1, -0.05) is 19.3 Å². The smallest absolute Gasteiger partial charge is 0.0795 e. The molecule has 17 heavy (non-hydrogen) atoms. The van der Waals surface area contributed by atoms with Crippen molar-refractivity contribution in [1.29, 1.82) is 0 Å². The number of hydrogen-bond acceptors (Lipinski definition) is 4. The molecular weight excluding hydrogens is 230 g/mol. The van der Waals surface area contributed by atoms with Gasteiger partial charge < -0.3 is 10.6 Å². The fourth-order valence-corrected chi connectivity index (χ4v) is 3.25. The lowest BCUT2D eigenvalue weighted by Crippen LogP contribution is -2.37. The molecule has 1 fully saturated rings. The fraction of sp³-hybridized carbons (Fsp3) is 0.769. The minimum Gasteiger partial charge on any atom is -0.327 e. The van der Waals surface area contributed by atoms with E-state index in [1.54, 1.807) is 11.3 Å². The zero-order valence-corrected chi connectivity index (χ0v) is 11.5. The van der Waals surface area contributed by atoms with Crippen LogP contribution in [-0.4, -0.2) is 29.5 Å². The number of thiazole rings is 1. The summed E-state index contributed by atoms with van der Waals surface area (Å²) >= 11 is 1.67. The summed E-state index contributed by atoms with van der Waals surface area (Å²) in [5.74, 6) is 0.668. The van der Waals surface area contributed by atoms with Crippen LogP contribution in [0.3, 0.4) is 0 Å². The molecule has 2 rings (SSSR count). The van der Waals surface area contributed by atoms with Crippen molar-refractivity contribution in [2.45, 2.75) is 44.7 Å². The predicted molar refractivity (Wildman–Crippen MR) is 73.0 cm³/mol. The lowest BCUT2D eigenvalue weighted by Gasteiger charge is -2.26. The summed E-state index contributed by atoms with van der Waals surface area (Å²) in [6, 6.07) is 0.399. The summed E-state index contributed by atoms with van der Waals surface area (Å²) in [6.45, 7) is 2.06. The van der Waals surface area contributed by atoms with Gasteiger partial charge in [0, 0.05) is 24.5 Å². The van der Waals surface area contributed by atoms with E-state index in [-0.39, 0.29) is 0 Å². The molecule has 0 bridgehead atoms. The SMILES string of the molecule is CN(Cc1cscn1)CC1CCCCCC1N. The van der Waals surface area contributed by atoms with Gasteiger partial charge >= 0.3 is 0 Å². The van der Waals surface area contributed by atoms with Gasteiger partial charge in [0.15, 0.2) is 0 Å². The van der Waals surface area contributed by atoms with Gasteiger partial charge in [0.25, 0.3) is 0 Å². The standard InChI is InChI=1S/C13H23N3S/c1-16(8-12-9-17-10-15-12)7-11-5-3-2-4-6-13(11)14/h9-11,13H,2-8,14H2,1H3. The lowest BCUT2D eigenvalue weighted by molar-refractivity contribution is 0.235. The summed E-state index contributed by atoms with van der Waals surface area (Å²) in [6.07, 6.45) is 6.52. The van der Waals surface area contributed by atoms with Crippen molar-refractivity contribution in [2.75, 3.05) is 13.6 Å². The fourth-order valence-electron chi connectivity index (χ4n) is 2.70. The van der Waals surface area contributed by atoms with E-state index < -0.39 is 0 Å². The second-order valence-corrected chi connectivity index (χ2v) is 5.96. The quantitative estimate of drug-likeness (QED) is 0.838. The zero-order valence-electron chi connectivity index (χ0n) is 10.6. The Morgan fingerprint density at radius 3 is 3.00 bits per heavy atom. The van der Waals surface area contributed by atoms with E-state index in [4.69, 9.17) is 5.73 Å². The van der Waals surface area contributed by atoms with Gasteiger partial charge in [-0.2, -0.15) is 0 Å². The first kappa shape index (κ1) is 13.0. The third-order valence-corrected chi connectivity index (χ3v) is 4.31. The van der Waals surface area contributed by atoms with E-state index in [9.17, 15) is 0 Å². The molecule has 1 aromatic heterocycles. The van der Waals surface area contributed by atoms with E-state index in [1.165, 1.54) is 37.8 Å². The molecule has 0 aliphatic heterocycles. The summed E-state index contributed by atoms with van der Waals surface area (Å²) in [5, 5.41) is 2.13. The summed E-state index contributed by atoms with van der Waals surface area (Å²) < 4.78 is 0. The molecule has 3 nitrogen and oxygen atoms in total. The van der Waals surface area contributed by atoms with Gasteiger partial charge in [-0.05, 0) is 25.8 Å². The first-order valence-corrected chi connectivity index (χ1v) is 7.51. The van der Waals surface area contributed by atoms with Crippen LogP contribution in [0.1, 0.15) is 37.8 Å². The average molecular weight is 253 g/mol. The first-order chi connectivity index (χ1) is 8.25. The maximum Gasteiger partial charge on any atom is 0.0795 e. The van der Waals surface area contributed by atoms with Crippen LogP contribution >= 0.6 is 11.3 Å². The largest absolute Gasteiger partial charge is 0.327 e. The highest BCUT2D eigenvalue weighted by atomic mass is 32.1. The van der Waals surface area contributed by atoms with Crippen LogP contribution in [0.15, 0.2) is 10.9 Å². The minimum absolute atomic E-state index is 0.399. The van der Waals surface area contributed by atoms with Crippen LogP contribution < -0.4 is 5.73 Å². The van der Waals surface area contributed by atoms with Crippen LogP contribution in [0, 0.1) is 5.92 Å². The molecule has 4 heteroatoms. The molecule has 96 valence electrons. The van der Waals surface area contributed by atoms with Crippen molar-refractivity contribution in [2.24, 2.45) is 11.7 Å².